The quantitative estimate of drug-likeness (QED) is 0.914. The Hall–Kier alpha value is -1.80. The molecule has 2 heterocycles. The third-order valence-corrected chi connectivity index (χ3v) is 4.10. The molecule has 0 bridgehead atoms. The lowest BCUT2D eigenvalue weighted by Crippen LogP contribution is -2.27. The molecule has 0 radical (unpaired) electrons. The van der Waals surface area contributed by atoms with Crippen molar-refractivity contribution in [3.63, 3.8) is 0 Å². The Labute approximate surface area is 127 Å². The summed E-state index contributed by atoms with van der Waals surface area (Å²) in [6, 6.07) is 3.27. The number of carbonyl (C=O) groups excluding carboxylic acids is 1. The Morgan fingerprint density at radius 1 is 1.40 bits per heavy atom. The molecule has 2 rings (SSSR count). The minimum Gasteiger partial charge on any atom is -0.478 e. The lowest BCUT2D eigenvalue weighted by atomic mass is 10.2. The van der Waals surface area contributed by atoms with Gasteiger partial charge in [0.25, 0.3) is 5.91 Å². The minimum absolute atomic E-state index is 0.0444. The van der Waals surface area contributed by atoms with Crippen LogP contribution in [0, 0.1) is 6.92 Å². The number of carboxylic acid groups (broad SMARTS) is 1. The van der Waals surface area contributed by atoms with Crippen LogP contribution in [0.1, 0.15) is 26.5 Å². The van der Waals surface area contributed by atoms with Gasteiger partial charge in [0.2, 0.25) is 0 Å². The van der Waals surface area contributed by atoms with Crippen LogP contribution in [0.3, 0.4) is 0 Å². The normalized spacial score (nSPS) is 10.3. The monoisotopic (exact) mass is 355 g/mol. The van der Waals surface area contributed by atoms with Crippen LogP contribution in [0.25, 0.3) is 0 Å². The number of aromatic carboxylic acids is 1. The summed E-state index contributed by atoms with van der Waals surface area (Å²) < 4.78 is 4.75. The van der Waals surface area contributed by atoms with E-state index in [1.165, 1.54) is 18.1 Å². The molecule has 104 valence electrons. The van der Waals surface area contributed by atoms with E-state index in [0.29, 0.717) is 10.7 Å². The fourth-order valence-corrected chi connectivity index (χ4v) is 2.68. The summed E-state index contributed by atoms with van der Waals surface area (Å²) in [6.07, 6.45) is 1.51. The van der Waals surface area contributed by atoms with Crippen molar-refractivity contribution >= 4 is 44.3 Å². The van der Waals surface area contributed by atoms with Gasteiger partial charge >= 0.3 is 5.97 Å². The summed E-state index contributed by atoms with van der Waals surface area (Å²) in [4.78, 5) is 28.8. The molecule has 6 nitrogen and oxygen atoms in total. The summed E-state index contributed by atoms with van der Waals surface area (Å²) in [7, 11) is 1.51. The Balaban J connectivity index is 2.36. The second-order valence-electron chi connectivity index (χ2n) is 3.98. The van der Waals surface area contributed by atoms with Crippen LogP contribution in [0.2, 0.25) is 0 Å². The average molecular weight is 356 g/mol. The maximum atomic E-state index is 12.3. The topological polar surface area (TPSA) is 83.4 Å². The second kappa shape index (κ2) is 5.68. The number of rotatable bonds is 3. The summed E-state index contributed by atoms with van der Waals surface area (Å²) in [5.74, 6) is -1.49. The standard InChI is InChI=1S/C12H10BrN3O3S/c1-6-9(12(18)19)11(20-15-6)16(2)10(17)8-4-3-7(13)5-14-8/h3-5H,1-2H3,(H,18,19). The van der Waals surface area contributed by atoms with Gasteiger partial charge in [0, 0.05) is 17.7 Å². The van der Waals surface area contributed by atoms with Crippen molar-refractivity contribution in [3.05, 3.63) is 39.8 Å². The molecule has 2 aromatic heterocycles. The van der Waals surface area contributed by atoms with E-state index in [4.69, 9.17) is 0 Å². The maximum Gasteiger partial charge on any atom is 0.340 e. The SMILES string of the molecule is Cc1nsc(N(C)C(=O)c2ccc(Br)cn2)c1C(=O)O. The molecule has 0 aromatic carbocycles. The number of amides is 1. The fraction of sp³-hybridized carbons (Fsp3) is 0.167. The lowest BCUT2D eigenvalue weighted by molar-refractivity contribution is 0.0697. The van der Waals surface area contributed by atoms with E-state index in [-0.39, 0.29) is 17.2 Å². The summed E-state index contributed by atoms with van der Waals surface area (Å²) >= 11 is 4.21. The number of aromatic nitrogens is 2. The van der Waals surface area contributed by atoms with E-state index >= 15 is 0 Å². The molecule has 1 N–H and O–H groups in total. The Morgan fingerprint density at radius 3 is 2.65 bits per heavy atom. The van der Waals surface area contributed by atoms with Gasteiger partial charge in [-0.3, -0.25) is 9.69 Å². The molecular formula is C12H10BrN3O3S. The van der Waals surface area contributed by atoms with Crippen molar-refractivity contribution in [3.8, 4) is 0 Å². The summed E-state index contributed by atoms with van der Waals surface area (Å²) in [6.45, 7) is 1.60. The van der Waals surface area contributed by atoms with Crippen molar-refractivity contribution < 1.29 is 14.7 Å². The molecule has 2 aromatic rings. The van der Waals surface area contributed by atoms with Gasteiger partial charge in [-0.15, -0.1) is 0 Å². The zero-order chi connectivity index (χ0) is 14.9. The zero-order valence-corrected chi connectivity index (χ0v) is 13.0. The number of halogens is 1. The first-order valence-corrected chi connectivity index (χ1v) is 7.07. The number of hydrogen-bond donors (Lipinski definition) is 1. The number of pyridine rings is 1. The van der Waals surface area contributed by atoms with E-state index in [1.807, 2.05) is 0 Å². The van der Waals surface area contributed by atoms with E-state index in [2.05, 4.69) is 25.3 Å². The largest absolute Gasteiger partial charge is 0.478 e. The van der Waals surface area contributed by atoms with Crippen molar-refractivity contribution in [1.29, 1.82) is 0 Å². The molecule has 0 saturated carbocycles. The van der Waals surface area contributed by atoms with Gasteiger partial charge in [-0.05, 0) is 46.5 Å². The van der Waals surface area contributed by atoms with Gasteiger partial charge in [0.05, 0.1) is 5.69 Å². The third kappa shape index (κ3) is 2.70. The predicted octanol–water partition coefficient (Wildman–Crippen LogP) is 2.58. The smallest absolute Gasteiger partial charge is 0.340 e. The highest BCUT2D eigenvalue weighted by Crippen LogP contribution is 2.28. The van der Waals surface area contributed by atoms with Crippen LogP contribution >= 0.6 is 27.5 Å². The van der Waals surface area contributed by atoms with Gasteiger partial charge in [0.1, 0.15) is 16.3 Å². The van der Waals surface area contributed by atoms with Gasteiger partial charge < -0.3 is 5.11 Å². The highest BCUT2D eigenvalue weighted by molar-refractivity contribution is 9.10. The Kier molecular flexibility index (Phi) is 4.15. The predicted molar refractivity (Wildman–Crippen MR) is 78.5 cm³/mol. The zero-order valence-electron chi connectivity index (χ0n) is 10.6. The molecule has 20 heavy (non-hydrogen) atoms. The van der Waals surface area contributed by atoms with Gasteiger partial charge in [-0.25, -0.2) is 9.78 Å². The lowest BCUT2D eigenvalue weighted by Gasteiger charge is -2.15. The number of anilines is 1. The van der Waals surface area contributed by atoms with Crippen molar-refractivity contribution in [1.82, 2.24) is 9.36 Å². The number of carbonyl (C=O) groups is 2. The number of carboxylic acids is 1. The Morgan fingerprint density at radius 2 is 2.10 bits per heavy atom. The molecule has 0 aliphatic carbocycles. The van der Waals surface area contributed by atoms with Crippen molar-refractivity contribution in [2.75, 3.05) is 11.9 Å². The van der Waals surface area contributed by atoms with Crippen LogP contribution in [0.4, 0.5) is 5.00 Å². The molecule has 0 unspecified atom stereocenters. The van der Waals surface area contributed by atoms with E-state index in [1.54, 1.807) is 19.1 Å². The van der Waals surface area contributed by atoms with Crippen LogP contribution in [0.5, 0.6) is 0 Å². The van der Waals surface area contributed by atoms with Gasteiger partial charge in [0.15, 0.2) is 0 Å². The van der Waals surface area contributed by atoms with Crippen LogP contribution in [0.15, 0.2) is 22.8 Å². The molecule has 0 aliphatic heterocycles. The average Bonchev–Trinajstić information content (AvgIpc) is 2.80. The first-order valence-electron chi connectivity index (χ1n) is 5.51. The number of hydrogen-bond acceptors (Lipinski definition) is 5. The Bertz CT molecular complexity index is 669. The maximum absolute atomic E-state index is 12.3. The molecule has 0 aliphatic rings. The van der Waals surface area contributed by atoms with Gasteiger partial charge in [-0.2, -0.15) is 4.37 Å². The van der Waals surface area contributed by atoms with E-state index < -0.39 is 5.97 Å². The van der Waals surface area contributed by atoms with Gasteiger partial charge in [-0.1, -0.05) is 0 Å². The molecule has 0 saturated heterocycles. The second-order valence-corrected chi connectivity index (χ2v) is 5.65. The van der Waals surface area contributed by atoms with Crippen LogP contribution < -0.4 is 4.90 Å². The molecule has 1 amide bonds. The number of nitrogens with zero attached hydrogens (tertiary/aromatic N) is 3. The first-order chi connectivity index (χ1) is 9.41. The molecular weight excluding hydrogens is 346 g/mol. The molecule has 0 atom stereocenters. The first kappa shape index (κ1) is 14.6. The summed E-state index contributed by atoms with van der Waals surface area (Å²) in [5.41, 5.74) is 0.668. The highest BCUT2D eigenvalue weighted by atomic mass is 79.9. The van der Waals surface area contributed by atoms with Crippen molar-refractivity contribution in [2.45, 2.75) is 6.92 Å². The molecule has 8 heteroatoms. The third-order valence-electron chi connectivity index (χ3n) is 2.61. The molecule has 0 spiro atoms. The number of aryl methyl sites for hydroxylation is 1. The highest BCUT2D eigenvalue weighted by Gasteiger charge is 2.25. The minimum atomic E-state index is -1.10. The fourth-order valence-electron chi connectivity index (χ4n) is 1.60. The van der Waals surface area contributed by atoms with E-state index in [9.17, 15) is 14.7 Å². The van der Waals surface area contributed by atoms with Crippen LogP contribution in [-0.4, -0.2) is 33.4 Å². The molecule has 0 fully saturated rings. The van der Waals surface area contributed by atoms with E-state index in [0.717, 1.165) is 16.0 Å². The van der Waals surface area contributed by atoms with Crippen molar-refractivity contribution in [2.24, 2.45) is 0 Å². The van der Waals surface area contributed by atoms with Crippen LogP contribution in [-0.2, 0) is 0 Å². The summed E-state index contributed by atoms with van der Waals surface area (Å²) in [5, 5.41) is 9.48.